The molecule has 3 rings (SSSR count). The van der Waals surface area contributed by atoms with Gasteiger partial charge in [0.15, 0.2) is 0 Å². The van der Waals surface area contributed by atoms with Crippen LogP contribution in [0, 0.1) is 11.8 Å². The monoisotopic (exact) mass is 254 g/mol. The van der Waals surface area contributed by atoms with Gasteiger partial charge in [0.05, 0.1) is 11.7 Å². The molecule has 0 bridgehead atoms. The number of aliphatic hydroxyl groups is 1. The topological polar surface area (TPSA) is 38.7 Å². The molecule has 2 aliphatic heterocycles. The Morgan fingerprint density at radius 1 is 1.11 bits per heavy atom. The zero-order chi connectivity index (χ0) is 12.4. The maximum absolute atomic E-state index is 9.97. The summed E-state index contributed by atoms with van der Waals surface area (Å²) in [4.78, 5) is 0. The Labute approximate surface area is 110 Å². The molecule has 18 heavy (non-hydrogen) atoms. The van der Waals surface area contributed by atoms with Crippen LogP contribution in [0.15, 0.2) is 0 Å². The Hall–Kier alpha value is -0.120. The first kappa shape index (κ1) is 12.9. The molecule has 0 amide bonds. The molecule has 2 saturated heterocycles. The zero-order valence-corrected chi connectivity index (χ0v) is 11.3. The molecule has 1 saturated carbocycles. The Balaban J connectivity index is 1.47. The predicted molar refractivity (Wildman–Crippen MR) is 69.4 cm³/mol. The molecule has 1 N–H and O–H groups in total. The van der Waals surface area contributed by atoms with Gasteiger partial charge in [0.2, 0.25) is 0 Å². The third-order valence-electron chi connectivity index (χ3n) is 5.04. The smallest absolute Gasteiger partial charge is 0.0729 e. The highest BCUT2D eigenvalue weighted by molar-refractivity contribution is 4.90. The number of rotatable bonds is 4. The van der Waals surface area contributed by atoms with E-state index >= 15 is 0 Å². The first-order valence-electron chi connectivity index (χ1n) is 7.67. The summed E-state index contributed by atoms with van der Waals surface area (Å²) < 4.78 is 11.5. The molecule has 1 spiro atoms. The van der Waals surface area contributed by atoms with E-state index in [2.05, 4.69) is 0 Å². The molecule has 0 aromatic carbocycles. The molecular formula is C15H26O3. The maximum atomic E-state index is 9.97. The molecule has 3 aliphatic rings. The Kier molecular flexibility index (Phi) is 3.92. The lowest BCUT2D eigenvalue weighted by Gasteiger charge is -2.43. The van der Waals surface area contributed by atoms with Gasteiger partial charge in [0, 0.05) is 19.8 Å². The molecule has 2 atom stereocenters. The highest BCUT2D eigenvalue weighted by Gasteiger charge is 2.39. The van der Waals surface area contributed by atoms with Crippen LogP contribution < -0.4 is 0 Å². The molecule has 2 heterocycles. The van der Waals surface area contributed by atoms with Crippen LogP contribution in [0.1, 0.15) is 51.4 Å². The lowest BCUT2D eigenvalue weighted by molar-refractivity contribution is -0.148. The Morgan fingerprint density at radius 2 is 1.89 bits per heavy atom. The fraction of sp³-hybridized carbons (Fsp3) is 1.00. The molecule has 0 aromatic rings. The predicted octanol–water partition coefficient (Wildman–Crippen LogP) is 2.51. The van der Waals surface area contributed by atoms with Crippen LogP contribution in [-0.4, -0.2) is 36.6 Å². The minimum Gasteiger partial charge on any atom is -0.393 e. The molecule has 0 aromatic heterocycles. The second-order valence-electron chi connectivity index (χ2n) is 6.48. The zero-order valence-electron chi connectivity index (χ0n) is 11.3. The van der Waals surface area contributed by atoms with E-state index in [4.69, 9.17) is 9.47 Å². The third-order valence-corrected chi connectivity index (χ3v) is 5.04. The van der Waals surface area contributed by atoms with E-state index in [1.54, 1.807) is 0 Å². The second kappa shape index (κ2) is 5.48. The summed E-state index contributed by atoms with van der Waals surface area (Å²) in [5.41, 5.74) is 0.117. The van der Waals surface area contributed by atoms with Gasteiger partial charge in [0.1, 0.15) is 0 Å². The van der Waals surface area contributed by atoms with Gasteiger partial charge in [-0.1, -0.05) is 0 Å². The van der Waals surface area contributed by atoms with Crippen LogP contribution in [0.3, 0.4) is 0 Å². The van der Waals surface area contributed by atoms with E-state index in [0.29, 0.717) is 5.92 Å². The largest absolute Gasteiger partial charge is 0.393 e. The van der Waals surface area contributed by atoms with Crippen LogP contribution in [0.4, 0.5) is 0 Å². The van der Waals surface area contributed by atoms with Gasteiger partial charge in [-0.05, 0) is 63.2 Å². The van der Waals surface area contributed by atoms with Crippen LogP contribution in [0.5, 0.6) is 0 Å². The van der Waals surface area contributed by atoms with Crippen molar-refractivity contribution in [1.82, 2.24) is 0 Å². The molecule has 3 heteroatoms. The van der Waals surface area contributed by atoms with Gasteiger partial charge in [0.25, 0.3) is 0 Å². The number of hydrogen-bond donors (Lipinski definition) is 1. The fourth-order valence-electron chi connectivity index (χ4n) is 3.59. The van der Waals surface area contributed by atoms with Gasteiger partial charge >= 0.3 is 0 Å². The van der Waals surface area contributed by atoms with Crippen molar-refractivity contribution in [3.05, 3.63) is 0 Å². The van der Waals surface area contributed by atoms with Crippen LogP contribution >= 0.6 is 0 Å². The molecule has 3 nitrogen and oxygen atoms in total. The van der Waals surface area contributed by atoms with Crippen LogP contribution in [0.25, 0.3) is 0 Å². The van der Waals surface area contributed by atoms with E-state index in [1.807, 2.05) is 0 Å². The van der Waals surface area contributed by atoms with E-state index in [0.717, 1.165) is 45.0 Å². The Morgan fingerprint density at radius 3 is 2.61 bits per heavy atom. The molecular weight excluding hydrogens is 228 g/mol. The van der Waals surface area contributed by atoms with Gasteiger partial charge in [-0.3, -0.25) is 0 Å². The van der Waals surface area contributed by atoms with E-state index in [9.17, 15) is 5.11 Å². The summed E-state index contributed by atoms with van der Waals surface area (Å²) in [6.45, 7) is 2.62. The highest BCUT2D eigenvalue weighted by Crippen LogP contribution is 2.40. The van der Waals surface area contributed by atoms with Crippen molar-refractivity contribution >= 4 is 0 Å². The van der Waals surface area contributed by atoms with Gasteiger partial charge in [-0.15, -0.1) is 0 Å². The molecule has 104 valence electrons. The summed E-state index contributed by atoms with van der Waals surface area (Å²) in [5, 5.41) is 9.97. The summed E-state index contributed by atoms with van der Waals surface area (Å²) >= 11 is 0. The SMILES string of the molecule is OC(CCC1CCOC2(CCOCC2)C1)C1CC1. The fourth-order valence-corrected chi connectivity index (χ4v) is 3.59. The van der Waals surface area contributed by atoms with Gasteiger partial charge in [-0.25, -0.2) is 0 Å². The van der Waals surface area contributed by atoms with Crippen molar-refractivity contribution in [3.63, 3.8) is 0 Å². The molecule has 1 aliphatic carbocycles. The lowest BCUT2D eigenvalue weighted by atomic mass is 9.78. The number of hydrogen-bond acceptors (Lipinski definition) is 3. The first-order valence-corrected chi connectivity index (χ1v) is 7.67. The molecule has 2 unspecified atom stereocenters. The average molecular weight is 254 g/mol. The minimum atomic E-state index is -0.0292. The quantitative estimate of drug-likeness (QED) is 0.838. The summed E-state index contributed by atoms with van der Waals surface area (Å²) in [6, 6.07) is 0. The maximum Gasteiger partial charge on any atom is 0.0729 e. The van der Waals surface area contributed by atoms with Gasteiger partial charge < -0.3 is 14.6 Å². The van der Waals surface area contributed by atoms with Crippen LogP contribution in [0.2, 0.25) is 0 Å². The third kappa shape index (κ3) is 3.06. The lowest BCUT2D eigenvalue weighted by Crippen LogP contribution is -2.44. The normalized spacial score (nSPS) is 33.5. The van der Waals surface area contributed by atoms with E-state index in [1.165, 1.54) is 32.1 Å². The van der Waals surface area contributed by atoms with Crippen molar-refractivity contribution in [2.75, 3.05) is 19.8 Å². The van der Waals surface area contributed by atoms with E-state index < -0.39 is 0 Å². The first-order chi connectivity index (χ1) is 8.77. The molecule has 3 fully saturated rings. The van der Waals surface area contributed by atoms with Crippen molar-refractivity contribution in [2.24, 2.45) is 11.8 Å². The summed E-state index contributed by atoms with van der Waals surface area (Å²) in [6.07, 6.45) is 9.15. The standard InChI is InChI=1S/C15H26O3/c16-14(13-2-3-13)4-1-12-5-8-18-15(11-12)6-9-17-10-7-15/h12-14,16H,1-11H2. The van der Waals surface area contributed by atoms with Crippen molar-refractivity contribution < 1.29 is 14.6 Å². The minimum absolute atomic E-state index is 0.0292. The number of ether oxygens (including phenoxy) is 2. The molecule has 0 radical (unpaired) electrons. The van der Waals surface area contributed by atoms with E-state index in [-0.39, 0.29) is 11.7 Å². The van der Waals surface area contributed by atoms with Gasteiger partial charge in [-0.2, -0.15) is 0 Å². The van der Waals surface area contributed by atoms with Crippen LogP contribution in [-0.2, 0) is 9.47 Å². The summed E-state index contributed by atoms with van der Waals surface area (Å²) in [5.74, 6) is 1.38. The van der Waals surface area contributed by atoms with Crippen molar-refractivity contribution in [3.8, 4) is 0 Å². The Bertz CT molecular complexity index is 263. The average Bonchev–Trinajstić information content (AvgIpc) is 3.21. The van der Waals surface area contributed by atoms with Crippen molar-refractivity contribution in [1.29, 1.82) is 0 Å². The highest BCUT2D eigenvalue weighted by atomic mass is 16.5. The second-order valence-corrected chi connectivity index (χ2v) is 6.48. The summed E-state index contributed by atoms with van der Waals surface area (Å²) in [7, 11) is 0. The number of aliphatic hydroxyl groups excluding tert-OH is 1. The van der Waals surface area contributed by atoms with Crippen molar-refractivity contribution in [2.45, 2.75) is 63.1 Å².